The summed E-state index contributed by atoms with van der Waals surface area (Å²) in [6, 6.07) is 2.11. The van der Waals surface area contributed by atoms with Crippen LogP contribution in [-0.4, -0.2) is 50.3 Å². The minimum Gasteiger partial charge on any atom is -0.369 e. The minimum atomic E-state index is -4.54. The number of alkyl halides is 3. The number of carbonyl (C=O) groups is 1. The van der Waals surface area contributed by atoms with Crippen molar-refractivity contribution in [2.24, 2.45) is 17.6 Å². The van der Waals surface area contributed by atoms with Gasteiger partial charge < -0.3 is 20.1 Å². The van der Waals surface area contributed by atoms with Crippen molar-refractivity contribution in [3.8, 4) is 0 Å². The van der Waals surface area contributed by atoms with Crippen LogP contribution in [-0.2, 0) is 30.5 Å². The van der Waals surface area contributed by atoms with Crippen LogP contribution < -0.4 is 15.5 Å². The number of anilines is 2. The van der Waals surface area contributed by atoms with Gasteiger partial charge in [-0.2, -0.15) is 18.2 Å². The van der Waals surface area contributed by atoms with Gasteiger partial charge in [-0.1, -0.05) is 20.3 Å². The monoisotopic (exact) mass is 536 g/mol. The second-order valence-electron chi connectivity index (χ2n) is 10.0. The molecule has 3 aromatic rings. The van der Waals surface area contributed by atoms with Gasteiger partial charge in [-0.25, -0.2) is 4.98 Å². The van der Waals surface area contributed by atoms with Gasteiger partial charge in [0.15, 0.2) is 5.82 Å². The number of nitrogens with zero attached hydrogens (tertiary/aromatic N) is 7. The van der Waals surface area contributed by atoms with Crippen molar-refractivity contribution in [1.82, 2.24) is 24.7 Å². The normalized spacial score (nSPS) is 19.3. The number of halogens is 3. The van der Waals surface area contributed by atoms with Crippen molar-refractivity contribution in [1.29, 1.82) is 0 Å². The molecule has 5 rings (SSSR count). The molecule has 2 aliphatic heterocycles. The second kappa shape index (κ2) is 10.1. The molecule has 200 valence electrons. The van der Waals surface area contributed by atoms with Gasteiger partial charge in [-0.3, -0.25) is 4.79 Å². The summed E-state index contributed by atoms with van der Waals surface area (Å²) in [5.74, 6) is 0.486. The molecule has 1 unspecified atom stereocenters. The third-order valence-corrected chi connectivity index (χ3v) is 8.28. The summed E-state index contributed by atoms with van der Waals surface area (Å²) < 4.78 is 41.2. The Bertz CT molecular complexity index is 1290. The van der Waals surface area contributed by atoms with E-state index in [0.717, 1.165) is 60.0 Å². The Labute approximate surface area is 216 Å². The van der Waals surface area contributed by atoms with Crippen LogP contribution in [0.1, 0.15) is 56.1 Å². The fraction of sp³-hybridized carbons (Fsp3) is 0.625. The fourth-order valence-electron chi connectivity index (χ4n) is 5.30. The van der Waals surface area contributed by atoms with E-state index in [1.807, 2.05) is 11.8 Å². The van der Waals surface area contributed by atoms with Crippen molar-refractivity contribution >= 4 is 39.2 Å². The summed E-state index contributed by atoms with van der Waals surface area (Å²) in [5.41, 5.74) is 5.49. The van der Waals surface area contributed by atoms with Crippen LogP contribution in [0.15, 0.2) is 6.07 Å². The number of amides is 1. The molecule has 1 saturated heterocycles. The number of rotatable bonds is 7. The summed E-state index contributed by atoms with van der Waals surface area (Å²) in [6.07, 6.45) is 0.0980. The van der Waals surface area contributed by atoms with Gasteiger partial charge in [0.2, 0.25) is 17.7 Å². The van der Waals surface area contributed by atoms with Crippen molar-refractivity contribution in [2.75, 3.05) is 29.4 Å². The van der Waals surface area contributed by atoms with Gasteiger partial charge in [-0.15, -0.1) is 21.5 Å². The van der Waals surface area contributed by atoms with Crippen LogP contribution in [0.3, 0.4) is 0 Å². The predicted octanol–water partition coefficient (Wildman–Crippen LogP) is 4.00. The van der Waals surface area contributed by atoms with Crippen molar-refractivity contribution in [3.63, 3.8) is 0 Å². The van der Waals surface area contributed by atoms with Crippen molar-refractivity contribution in [2.45, 2.75) is 65.2 Å². The molecular weight excluding hydrogens is 505 g/mol. The van der Waals surface area contributed by atoms with Crippen LogP contribution in [0.25, 0.3) is 10.2 Å². The molecule has 13 heteroatoms. The highest BCUT2D eigenvalue weighted by Crippen LogP contribution is 2.37. The Morgan fingerprint density at radius 2 is 2.03 bits per heavy atom. The minimum absolute atomic E-state index is 0.126. The number of hydrogen-bond donors (Lipinski definition) is 1. The largest absolute Gasteiger partial charge is 0.451 e. The number of thiophene rings is 1. The molecule has 0 saturated carbocycles. The number of primary amides is 1. The quantitative estimate of drug-likeness (QED) is 0.487. The Kier molecular flexibility index (Phi) is 6.99. The molecule has 1 fully saturated rings. The van der Waals surface area contributed by atoms with E-state index >= 15 is 0 Å². The van der Waals surface area contributed by atoms with E-state index in [2.05, 4.69) is 28.1 Å². The molecule has 0 spiro atoms. The molecule has 0 aromatic carbocycles. The maximum atomic E-state index is 13.3. The SMILES string of the molecule is CCCc1cc2c(N3CCn4c(nnc4C(F)(F)F)C3)nc(N3CCC[C@H](CC(C)C(N)=O)C3)nc2s1. The smallest absolute Gasteiger partial charge is 0.369 e. The van der Waals surface area contributed by atoms with E-state index in [-0.39, 0.29) is 30.7 Å². The highest BCUT2D eigenvalue weighted by molar-refractivity contribution is 7.18. The van der Waals surface area contributed by atoms with Crippen LogP contribution in [0, 0.1) is 11.8 Å². The van der Waals surface area contributed by atoms with E-state index in [0.29, 0.717) is 24.2 Å². The zero-order chi connectivity index (χ0) is 26.3. The number of carbonyl (C=O) groups excluding carboxylic acids is 1. The van der Waals surface area contributed by atoms with Crippen molar-refractivity contribution in [3.05, 3.63) is 22.6 Å². The average molecular weight is 537 g/mol. The molecule has 2 N–H and O–H groups in total. The standard InChI is InChI=1S/C24H31F3N8OS/c1-3-5-16-11-17-20(33-8-9-35-18(13-33)31-32-22(35)24(25,26)27)29-23(30-21(17)37-16)34-7-4-6-15(12-34)10-14(2)19(28)36/h11,14-15H,3-10,12-13H2,1-2H3,(H2,28,36)/t14?,15-/m1/s1. The molecule has 5 heterocycles. The van der Waals surface area contributed by atoms with Gasteiger partial charge in [0.25, 0.3) is 0 Å². The Morgan fingerprint density at radius 3 is 2.76 bits per heavy atom. The van der Waals surface area contributed by atoms with Crippen molar-refractivity contribution < 1.29 is 18.0 Å². The van der Waals surface area contributed by atoms with Gasteiger partial charge >= 0.3 is 6.18 Å². The van der Waals surface area contributed by atoms with Gasteiger partial charge in [0.1, 0.15) is 10.6 Å². The zero-order valence-corrected chi connectivity index (χ0v) is 21.8. The summed E-state index contributed by atoms with van der Waals surface area (Å²) >= 11 is 1.64. The number of aromatic nitrogens is 5. The van der Waals surface area contributed by atoms with Gasteiger partial charge in [-0.05, 0) is 37.7 Å². The number of aryl methyl sites for hydroxylation is 1. The highest BCUT2D eigenvalue weighted by atomic mass is 32.1. The molecular formula is C24H31F3N8OS. The lowest BCUT2D eigenvalue weighted by molar-refractivity contribution is -0.147. The van der Waals surface area contributed by atoms with Crippen LogP contribution in [0.4, 0.5) is 24.9 Å². The van der Waals surface area contributed by atoms with Gasteiger partial charge in [0.05, 0.1) is 11.9 Å². The predicted molar refractivity (Wildman–Crippen MR) is 135 cm³/mol. The first kappa shape index (κ1) is 25.7. The Balaban J connectivity index is 1.47. The number of fused-ring (bicyclic) bond motifs is 2. The van der Waals surface area contributed by atoms with E-state index in [1.165, 1.54) is 4.88 Å². The summed E-state index contributed by atoms with van der Waals surface area (Å²) in [5, 5.41) is 8.17. The molecule has 1 amide bonds. The first-order valence-electron chi connectivity index (χ1n) is 12.7. The molecule has 9 nitrogen and oxygen atoms in total. The second-order valence-corrected chi connectivity index (χ2v) is 11.1. The van der Waals surface area contributed by atoms with E-state index < -0.39 is 12.0 Å². The van der Waals surface area contributed by atoms with E-state index in [9.17, 15) is 18.0 Å². The maximum absolute atomic E-state index is 13.3. The highest BCUT2D eigenvalue weighted by Gasteiger charge is 2.40. The van der Waals surface area contributed by atoms with E-state index in [4.69, 9.17) is 15.7 Å². The lowest BCUT2D eigenvalue weighted by Gasteiger charge is -2.35. The lowest BCUT2D eigenvalue weighted by Crippen LogP contribution is -2.39. The fourth-order valence-corrected chi connectivity index (χ4v) is 6.42. The third-order valence-electron chi connectivity index (χ3n) is 7.19. The molecule has 37 heavy (non-hydrogen) atoms. The first-order chi connectivity index (χ1) is 17.6. The summed E-state index contributed by atoms with van der Waals surface area (Å²) in [6.45, 7) is 6.20. The topological polar surface area (TPSA) is 106 Å². The zero-order valence-electron chi connectivity index (χ0n) is 21.0. The number of hydrogen-bond acceptors (Lipinski definition) is 8. The molecule has 2 aliphatic rings. The summed E-state index contributed by atoms with van der Waals surface area (Å²) in [7, 11) is 0. The summed E-state index contributed by atoms with van der Waals surface area (Å²) in [4.78, 5) is 27.7. The molecule has 2 atom stereocenters. The van der Waals surface area contributed by atoms with Gasteiger partial charge in [0, 0.05) is 37.0 Å². The Hall–Kier alpha value is -2.96. The average Bonchev–Trinajstić information content (AvgIpc) is 3.47. The molecule has 0 bridgehead atoms. The number of piperidine rings is 1. The number of nitrogens with two attached hydrogens (primary N) is 1. The lowest BCUT2D eigenvalue weighted by atomic mass is 9.89. The van der Waals surface area contributed by atoms with Crippen LogP contribution >= 0.6 is 11.3 Å². The van der Waals surface area contributed by atoms with Crippen LogP contribution in [0.2, 0.25) is 0 Å². The Morgan fingerprint density at radius 1 is 1.22 bits per heavy atom. The maximum Gasteiger partial charge on any atom is 0.451 e. The molecule has 0 aliphatic carbocycles. The molecule has 3 aromatic heterocycles. The van der Waals surface area contributed by atoms with Crippen LogP contribution in [0.5, 0.6) is 0 Å². The molecule has 0 radical (unpaired) electrons. The third kappa shape index (κ3) is 5.23. The first-order valence-corrected chi connectivity index (χ1v) is 13.5. The van der Waals surface area contributed by atoms with E-state index in [1.54, 1.807) is 11.3 Å².